The monoisotopic (exact) mass is 419 g/mol. The predicted octanol–water partition coefficient (Wildman–Crippen LogP) is 5.70. The number of nitrogens with one attached hydrogen (secondary N) is 1. The van der Waals surface area contributed by atoms with E-state index in [9.17, 15) is 4.39 Å². The van der Waals surface area contributed by atoms with Gasteiger partial charge in [0.2, 0.25) is 0 Å². The average molecular weight is 421 g/mol. The van der Waals surface area contributed by atoms with E-state index in [0.29, 0.717) is 0 Å². The zero-order valence-electron chi connectivity index (χ0n) is 11.1. The van der Waals surface area contributed by atoms with Gasteiger partial charge in [-0.1, -0.05) is 22.9 Å². The van der Waals surface area contributed by atoms with Crippen LogP contribution in [0.1, 0.15) is 29.8 Å². The van der Waals surface area contributed by atoms with Gasteiger partial charge in [-0.3, -0.25) is 0 Å². The number of hydrogen-bond donors (Lipinski definition) is 1. The van der Waals surface area contributed by atoms with Crippen LogP contribution >= 0.6 is 43.2 Å². The van der Waals surface area contributed by atoms with E-state index in [4.69, 9.17) is 0 Å². The summed E-state index contributed by atoms with van der Waals surface area (Å²) in [4.78, 5) is 1.27. The molecule has 108 valence electrons. The second-order valence-corrected chi connectivity index (χ2v) is 8.04. The van der Waals surface area contributed by atoms with Gasteiger partial charge in [0.25, 0.3) is 0 Å². The molecule has 1 atom stereocenters. The Morgan fingerprint density at radius 1 is 1.25 bits per heavy atom. The van der Waals surface area contributed by atoms with Crippen LogP contribution in [0.4, 0.5) is 4.39 Å². The summed E-state index contributed by atoms with van der Waals surface area (Å²) < 4.78 is 15.4. The Morgan fingerprint density at radius 2 is 2.05 bits per heavy atom. The van der Waals surface area contributed by atoms with E-state index in [-0.39, 0.29) is 11.9 Å². The Kier molecular flexibility index (Phi) is 6.20. The molecule has 5 heteroatoms. The van der Waals surface area contributed by atoms with E-state index in [1.165, 1.54) is 10.9 Å². The molecule has 1 N–H and O–H groups in total. The molecule has 1 nitrogen and oxygen atoms in total. The zero-order valence-corrected chi connectivity index (χ0v) is 15.1. The van der Waals surface area contributed by atoms with Crippen LogP contribution in [0.3, 0.4) is 0 Å². The zero-order chi connectivity index (χ0) is 14.5. The lowest BCUT2D eigenvalue weighted by atomic mass is 10.0. The maximum atomic E-state index is 13.5. The minimum Gasteiger partial charge on any atom is -0.309 e. The molecule has 0 amide bonds. The first kappa shape index (κ1) is 16.1. The van der Waals surface area contributed by atoms with Gasteiger partial charge in [0, 0.05) is 15.4 Å². The van der Waals surface area contributed by atoms with Crippen molar-refractivity contribution in [3.8, 4) is 0 Å². The molecule has 0 saturated carbocycles. The highest BCUT2D eigenvalue weighted by Crippen LogP contribution is 2.30. The van der Waals surface area contributed by atoms with E-state index in [1.807, 2.05) is 6.07 Å². The van der Waals surface area contributed by atoms with Crippen LogP contribution in [0, 0.1) is 5.82 Å². The van der Waals surface area contributed by atoms with Crippen molar-refractivity contribution in [3.63, 3.8) is 0 Å². The van der Waals surface area contributed by atoms with Gasteiger partial charge in [0.15, 0.2) is 0 Å². The van der Waals surface area contributed by atoms with Gasteiger partial charge in [-0.25, -0.2) is 4.39 Å². The predicted molar refractivity (Wildman–Crippen MR) is 90.9 cm³/mol. The van der Waals surface area contributed by atoms with Crippen molar-refractivity contribution in [3.05, 3.63) is 54.8 Å². The molecule has 0 aliphatic heterocycles. The number of benzene rings is 1. The summed E-state index contributed by atoms with van der Waals surface area (Å²) in [6, 6.07) is 9.47. The third kappa shape index (κ3) is 4.65. The highest BCUT2D eigenvalue weighted by molar-refractivity contribution is 9.11. The first-order valence-electron chi connectivity index (χ1n) is 6.52. The number of hydrogen-bond acceptors (Lipinski definition) is 2. The second-order valence-electron chi connectivity index (χ2n) is 4.63. The molecule has 0 saturated heterocycles. The van der Waals surface area contributed by atoms with E-state index in [2.05, 4.69) is 56.2 Å². The molecule has 20 heavy (non-hydrogen) atoms. The molecule has 0 spiro atoms. The van der Waals surface area contributed by atoms with Crippen LogP contribution in [-0.4, -0.2) is 6.54 Å². The molecule has 0 aliphatic carbocycles. The summed E-state index contributed by atoms with van der Waals surface area (Å²) in [6.07, 6.45) is 1.86. The normalized spacial score (nSPS) is 12.6. The molecule has 0 bridgehead atoms. The lowest BCUT2D eigenvalue weighted by Gasteiger charge is -2.17. The molecule has 0 aliphatic rings. The Hall–Kier alpha value is -0.230. The molecular weight excluding hydrogens is 405 g/mol. The van der Waals surface area contributed by atoms with Crippen molar-refractivity contribution in [1.29, 1.82) is 0 Å². The van der Waals surface area contributed by atoms with E-state index in [0.717, 1.165) is 33.2 Å². The highest BCUT2D eigenvalue weighted by Gasteiger charge is 2.14. The summed E-state index contributed by atoms with van der Waals surface area (Å²) >= 11 is 8.57. The first-order chi connectivity index (χ1) is 9.58. The van der Waals surface area contributed by atoms with Crippen LogP contribution in [0.15, 0.2) is 38.6 Å². The van der Waals surface area contributed by atoms with Crippen molar-refractivity contribution >= 4 is 43.2 Å². The van der Waals surface area contributed by atoms with Crippen molar-refractivity contribution in [1.82, 2.24) is 5.32 Å². The molecule has 1 aromatic heterocycles. The standard InChI is InChI=1S/C15H16Br2FNS/c1-2-5-19-13(14-3-4-15(17)20-14)8-10-6-11(16)9-12(18)7-10/h3-4,6-7,9,13,19H,2,5,8H2,1H3. The maximum absolute atomic E-state index is 13.5. The molecule has 2 aromatic rings. The van der Waals surface area contributed by atoms with Gasteiger partial charge in [-0.05, 0) is 71.2 Å². The third-order valence-corrected chi connectivity index (χ3v) is 5.14. The molecule has 1 aromatic carbocycles. The average Bonchev–Trinajstić information content (AvgIpc) is 2.80. The van der Waals surface area contributed by atoms with Crippen molar-refractivity contribution in [2.45, 2.75) is 25.8 Å². The molecular formula is C15H16Br2FNS. The van der Waals surface area contributed by atoms with Crippen molar-refractivity contribution in [2.75, 3.05) is 6.54 Å². The SMILES string of the molecule is CCCNC(Cc1cc(F)cc(Br)c1)c1ccc(Br)s1. The van der Waals surface area contributed by atoms with Gasteiger partial charge in [0.1, 0.15) is 5.82 Å². The number of halogens is 3. The van der Waals surface area contributed by atoms with Gasteiger partial charge in [0.05, 0.1) is 3.79 Å². The topological polar surface area (TPSA) is 12.0 Å². The summed E-state index contributed by atoms with van der Waals surface area (Å²) in [7, 11) is 0. The second kappa shape index (κ2) is 7.69. The first-order valence-corrected chi connectivity index (χ1v) is 8.92. The van der Waals surface area contributed by atoms with Crippen LogP contribution in [0.5, 0.6) is 0 Å². The molecule has 2 rings (SSSR count). The van der Waals surface area contributed by atoms with Crippen LogP contribution < -0.4 is 5.32 Å². The molecule has 1 unspecified atom stereocenters. The van der Waals surface area contributed by atoms with Gasteiger partial charge < -0.3 is 5.32 Å². The summed E-state index contributed by atoms with van der Waals surface area (Å²) in [6.45, 7) is 3.10. The van der Waals surface area contributed by atoms with E-state index >= 15 is 0 Å². The Bertz CT molecular complexity index is 551. The lowest BCUT2D eigenvalue weighted by molar-refractivity contribution is 0.534. The van der Waals surface area contributed by atoms with Crippen molar-refractivity contribution in [2.24, 2.45) is 0 Å². The highest BCUT2D eigenvalue weighted by atomic mass is 79.9. The fourth-order valence-electron chi connectivity index (χ4n) is 2.07. The third-order valence-electron chi connectivity index (χ3n) is 2.94. The van der Waals surface area contributed by atoms with Crippen LogP contribution in [0.2, 0.25) is 0 Å². The quantitative estimate of drug-likeness (QED) is 0.632. The van der Waals surface area contributed by atoms with Gasteiger partial charge in [-0.2, -0.15) is 0 Å². The Labute approximate surface area is 139 Å². The maximum Gasteiger partial charge on any atom is 0.124 e. The largest absolute Gasteiger partial charge is 0.309 e. The van der Waals surface area contributed by atoms with E-state index < -0.39 is 0 Å². The van der Waals surface area contributed by atoms with Crippen LogP contribution in [-0.2, 0) is 6.42 Å². The minimum atomic E-state index is -0.198. The molecule has 0 radical (unpaired) electrons. The molecule has 1 heterocycles. The van der Waals surface area contributed by atoms with E-state index in [1.54, 1.807) is 17.4 Å². The smallest absolute Gasteiger partial charge is 0.124 e. The number of rotatable bonds is 6. The summed E-state index contributed by atoms with van der Waals surface area (Å²) in [5, 5.41) is 3.54. The Morgan fingerprint density at radius 3 is 2.65 bits per heavy atom. The minimum absolute atomic E-state index is 0.198. The fraction of sp³-hybridized carbons (Fsp3) is 0.333. The fourth-order valence-corrected chi connectivity index (χ4v) is 4.08. The summed E-state index contributed by atoms with van der Waals surface area (Å²) in [5.41, 5.74) is 0.995. The van der Waals surface area contributed by atoms with Gasteiger partial charge >= 0.3 is 0 Å². The lowest BCUT2D eigenvalue weighted by Crippen LogP contribution is -2.23. The van der Waals surface area contributed by atoms with Crippen LogP contribution in [0.25, 0.3) is 0 Å². The summed E-state index contributed by atoms with van der Waals surface area (Å²) in [5.74, 6) is -0.198. The Balaban J connectivity index is 2.18. The van der Waals surface area contributed by atoms with Gasteiger partial charge in [-0.15, -0.1) is 11.3 Å². The molecule has 0 fully saturated rings. The van der Waals surface area contributed by atoms with Crippen molar-refractivity contribution < 1.29 is 4.39 Å². The number of thiophene rings is 1.